The molecule has 0 amide bonds. The molecule has 0 radical (unpaired) electrons. The average molecular weight is 464 g/mol. The normalized spacial score (nSPS) is 9.10. The van der Waals surface area contributed by atoms with Gasteiger partial charge in [-0.15, -0.1) is 12.1 Å². The summed E-state index contributed by atoms with van der Waals surface area (Å²) in [4.78, 5) is 56.5. The molecular weight excluding hydrogens is 444 g/mol. The quantitative estimate of drug-likeness (QED) is 0.111. The summed E-state index contributed by atoms with van der Waals surface area (Å²) in [6.07, 6.45) is 2.25. The Morgan fingerprint density at radius 3 is 1.32 bits per heavy atom. The summed E-state index contributed by atoms with van der Waals surface area (Å²) in [6, 6.07) is 11.1. The molecule has 10 nitrogen and oxygen atoms in total. The van der Waals surface area contributed by atoms with Crippen LogP contribution in [0.1, 0.15) is 25.0 Å². The van der Waals surface area contributed by atoms with Crippen LogP contribution in [0.4, 0.5) is 11.4 Å². The minimum atomic E-state index is -0.549. The Balaban J connectivity index is 0.000000562. The third-order valence-corrected chi connectivity index (χ3v) is 3.40. The molecule has 2 aromatic carbocycles. The van der Waals surface area contributed by atoms with Crippen molar-refractivity contribution in [3.8, 4) is 0 Å². The minimum Gasteiger partial charge on any atom is -0.313 e. The average Bonchev–Trinajstić information content (AvgIpc) is 2.67. The number of benzene rings is 2. The molecule has 0 bridgehead atoms. The number of carbonyl (C=O) groups excluding carboxylic acids is 4. The van der Waals surface area contributed by atoms with Crippen LogP contribution in [0.15, 0.2) is 48.5 Å². The first-order valence-electron chi connectivity index (χ1n) is 8.37. The molecule has 2 rings (SSSR count). The van der Waals surface area contributed by atoms with Crippen molar-refractivity contribution in [2.45, 2.75) is 13.8 Å². The van der Waals surface area contributed by atoms with Gasteiger partial charge in [0.15, 0.2) is 0 Å². The van der Waals surface area contributed by atoms with Gasteiger partial charge in [0.05, 0.1) is 9.85 Å². The van der Waals surface area contributed by atoms with Crippen molar-refractivity contribution in [1.82, 2.24) is 0 Å². The van der Waals surface area contributed by atoms with Crippen LogP contribution in [0.25, 0.3) is 0 Å². The predicted molar refractivity (Wildman–Crippen MR) is 112 cm³/mol. The molecule has 0 fully saturated rings. The van der Waals surface area contributed by atoms with Crippen molar-refractivity contribution in [3.63, 3.8) is 0 Å². The van der Waals surface area contributed by atoms with E-state index in [-0.39, 0.29) is 67.4 Å². The summed E-state index contributed by atoms with van der Waals surface area (Å²) in [5.41, 5.74) is 0.362. The molecule has 0 aliphatic heterocycles. The maximum absolute atomic E-state index is 10.4. The van der Waals surface area contributed by atoms with E-state index in [1.165, 1.54) is 62.4 Å². The third kappa shape index (κ3) is 9.61. The molecule has 0 saturated heterocycles. The fraction of sp³-hybridized carbons (Fsp3) is 0.100. The maximum Gasteiger partial charge on any atom is 0.252 e. The number of rotatable bonds is 8. The molecule has 0 spiro atoms. The number of hydrogen-bond acceptors (Lipinski definition) is 4. The van der Waals surface area contributed by atoms with Crippen LogP contribution in [-0.2, 0) is 21.7 Å². The summed E-state index contributed by atoms with van der Waals surface area (Å²) in [7, 11) is 0. The molecule has 31 heavy (non-hydrogen) atoms. The second-order valence-electron chi connectivity index (χ2n) is 5.96. The smallest absolute Gasteiger partial charge is 0.252 e. The topological polar surface area (TPSA) is 172 Å². The molecule has 0 aliphatic rings. The monoisotopic (exact) mass is 464 g/mol. The van der Waals surface area contributed by atoms with Gasteiger partial charge in [-0.2, -0.15) is 0 Å². The van der Waals surface area contributed by atoms with Crippen molar-refractivity contribution in [3.05, 3.63) is 92.7 Å². The van der Waals surface area contributed by atoms with E-state index in [4.69, 9.17) is 9.59 Å². The molecule has 0 heterocycles. The Bertz CT molecular complexity index is 938. The van der Waals surface area contributed by atoms with Gasteiger partial charge < -0.3 is 9.59 Å². The van der Waals surface area contributed by atoms with Crippen LogP contribution in [0.3, 0.4) is 0 Å². The van der Waals surface area contributed by atoms with Crippen molar-refractivity contribution < 1.29 is 50.7 Å². The Labute approximate surface area is 191 Å². The molecule has 160 valence electrons. The minimum absolute atomic E-state index is 0. The molecule has 2 aromatic rings. The first kappa shape index (κ1) is 27.4. The molecule has 0 saturated carbocycles. The Hall–Kier alpha value is -3.63. The molecule has 0 unspecified atom stereocenters. The summed E-state index contributed by atoms with van der Waals surface area (Å²) >= 11 is 0. The maximum atomic E-state index is 10.4. The zero-order valence-corrected chi connectivity index (χ0v) is 18.2. The fourth-order valence-electron chi connectivity index (χ4n) is 2.12. The van der Waals surface area contributed by atoms with E-state index in [2.05, 4.69) is 0 Å². The number of nitro benzene ring substituents is 2. The Morgan fingerprint density at radius 1 is 0.742 bits per heavy atom. The van der Waals surface area contributed by atoms with E-state index < -0.39 is 9.85 Å². The van der Waals surface area contributed by atoms with E-state index in [1.807, 2.05) is 0 Å². The number of ketones is 4. The molecule has 4 N–H and O–H groups in total. The number of hydrogen-bond donors (Lipinski definition) is 0. The van der Waals surface area contributed by atoms with Gasteiger partial charge in [0.2, 0.25) is 23.1 Å². The predicted octanol–water partition coefficient (Wildman–Crippen LogP) is 2.51. The van der Waals surface area contributed by atoms with Gasteiger partial charge in [-0.3, -0.25) is 29.8 Å². The molecule has 0 aliphatic carbocycles. The number of nitrogens with zero attached hydrogens (tertiary/aromatic N) is 2. The molecule has 11 heteroatoms. The van der Waals surface area contributed by atoms with Crippen molar-refractivity contribution in [2.75, 3.05) is 0 Å². The van der Waals surface area contributed by atoms with Crippen molar-refractivity contribution in [1.29, 1.82) is 0 Å². The van der Waals surface area contributed by atoms with Crippen molar-refractivity contribution >= 4 is 34.5 Å². The molecule has 0 aromatic heterocycles. The van der Waals surface area contributed by atoms with Gasteiger partial charge in [0.1, 0.15) is 0 Å². The second-order valence-corrected chi connectivity index (χ2v) is 5.96. The first-order valence-corrected chi connectivity index (χ1v) is 8.37. The van der Waals surface area contributed by atoms with Crippen LogP contribution in [0.2, 0.25) is 0 Å². The van der Waals surface area contributed by atoms with Crippen LogP contribution >= 0.6 is 0 Å². The number of non-ortho nitro benzene ring substituents is 2. The summed E-state index contributed by atoms with van der Waals surface area (Å²) in [5, 5.41) is 20.9. The van der Waals surface area contributed by atoms with Crippen LogP contribution in [-0.4, -0.2) is 52.2 Å². The van der Waals surface area contributed by atoms with Crippen LogP contribution < -0.4 is 0 Å². The van der Waals surface area contributed by atoms with Gasteiger partial charge in [-0.25, -0.2) is 0 Å². The second kappa shape index (κ2) is 12.8. The molecule has 0 atom stereocenters. The summed E-state index contributed by atoms with van der Waals surface area (Å²) in [5.74, 6) is -0.560. The third-order valence-electron chi connectivity index (χ3n) is 3.40. The Kier molecular flexibility index (Phi) is 11.3. The van der Waals surface area contributed by atoms with Gasteiger partial charge in [0.25, 0.3) is 11.4 Å². The SMILES string of the molecule is CC(=[OH+])[CH-]C(=[OH+])c1cccc([N+](=O)[O-])c1.CC(=[OH+])[CH-]C(=[OH+])c1cccc([N+](=O)[O-])c1.[Ti]. The largest absolute Gasteiger partial charge is 0.313 e. The zero-order chi connectivity index (χ0) is 22.8. The zero-order valence-electron chi connectivity index (χ0n) is 16.6. The van der Waals surface area contributed by atoms with E-state index in [0.717, 1.165) is 12.8 Å². The van der Waals surface area contributed by atoms with Gasteiger partial charge in [-0.05, 0) is 12.8 Å². The van der Waals surface area contributed by atoms with E-state index >= 15 is 0 Å². The standard InChI is InChI=1S/2C10H8NO4.Ti/c2*1-7(12)5-10(13)8-3-2-4-9(6-8)11(14)15;/h2*2-6H,1H3;/q2*-1;/p+4. The number of nitro groups is 2. The van der Waals surface area contributed by atoms with E-state index in [0.29, 0.717) is 0 Å². The van der Waals surface area contributed by atoms with E-state index in [9.17, 15) is 29.8 Å². The van der Waals surface area contributed by atoms with E-state index in [1.54, 1.807) is 0 Å². The van der Waals surface area contributed by atoms with Crippen molar-refractivity contribution in [2.24, 2.45) is 0 Å². The van der Waals surface area contributed by atoms with Gasteiger partial charge >= 0.3 is 0 Å². The fourth-order valence-corrected chi connectivity index (χ4v) is 2.12. The van der Waals surface area contributed by atoms with Gasteiger partial charge in [0, 0.05) is 47.7 Å². The molecular formula is C20H20N2O8Ti+2. The summed E-state index contributed by atoms with van der Waals surface area (Å²) < 4.78 is 0. The van der Waals surface area contributed by atoms with Gasteiger partial charge in [-0.1, -0.05) is 35.4 Å². The Morgan fingerprint density at radius 2 is 1.06 bits per heavy atom. The first-order chi connectivity index (χ1) is 14.0. The van der Waals surface area contributed by atoms with Crippen LogP contribution in [0.5, 0.6) is 0 Å². The van der Waals surface area contributed by atoms with Crippen LogP contribution in [0, 0.1) is 33.1 Å². The summed E-state index contributed by atoms with van der Waals surface area (Å²) in [6.45, 7) is 2.79.